The van der Waals surface area contributed by atoms with Crippen molar-refractivity contribution < 1.29 is 4.79 Å². The first-order chi connectivity index (χ1) is 14.5. The lowest BCUT2D eigenvalue weighted by molar-refractivity contribution is -0.129. The van der Waals surface area contributed by atoms with E-state index in [1.165, 1.54) is 28.7 Å². The number of hydrogen-bond donors (Lipinski definition) is 1. The van der Waals surface area contributed by atoms with Crippen LogP contribution >= 0.6 is 35.3 Å². The van der Waals surface area contributed by atoms with Gasteiger partial charge in [-0.2, -0.15) is 0 Å². The fourth-order valence-corrected chi connectivity index (χ4v) is 5.95. The summed E-state index contributed by atoms with van der Waals surface area (Å²) >= 11 is 7.87. The molecule has 4 rings (SSSR count). The first-order valence-electron chi connectivity index (χ1n) is 10.1. The van der Waals surface area contributed by atoms with Crippen molar-refractivity contribution in [3.8, 4) is 0 Å². The Labute approximate surface area is 188 Å². The van der Waals surface area contributed by atoms with E-state index in [-0.39, 0.29) is 17.2 Å². The Bertz CT molecular complexity index is 1140. The molecule has 0 saturated carbocycles. The lowest BCUT2D eigenvalue weighted by atomic mass is 9.90. The molecule has 0 unspecified atom stereocenters. The van der Waals surface area contributed by atoms with E-state index < -0.39 is 0 Å². The number of aromatic nitrogens is 3. The van der Waals surface area contributed by atoms with Crippen molar-refractivity contribution in [2.45, 2.75) is 37.9 Å². The van der Waals surface area contributed by atoms with Gasteiger partial charge in [0, 0.05) is 19.6 Å². The van der Waals surface area contributed by atoms with E-state index in [1.807, 2.05) is 22.5 Å². The SMILES string of the molecule is CCn1c(=S)sc2c(=O)[nH]c(SCC(=O)N3CCC(Cc4ccccc4)CC3)nc21. The number of H-pyrrole nitrogens is 1. The van der Waals surface area contributed by atoms with Crippen LogP contribution < -0.4 is 5.56 Å². The van der Waals surface area contributed by atoms with E-state index in [0.29, 0.717) is 31.9 Å². The van der Waals surface area contributed by atoms with E-state index in [9.17, 15) is 9.59 Å². The number of carbonyl (C=O) groups excluding carboxylic acids is 1. The Morgan fingerprint density at radius 1 is 1.30 bits per heavy atom. The van der Waals surface area contributed by atoms with Crippen molar-refractivity contribution in [1.29, 1.82) is 0 Å². The molecule has 1 N–H and O–H groups in total. The lowest BCUT2D eigenvalue weighted by Gasteiger charge is -2.32. The fourth-order valence-electron chi connectivity index (χ4n) is 3.84. The van der Waals surface area contributed by atoms with Gasteiger partial charge in [0.15, 0.2) is 14.8 Å². The van der Waals surface area contributed by atoms with Gasteiger partial charge in [0.05, 0.1) is 5.75 Å². The highest BCUT2D eigenvalue weighted by atomic mass is 32.2. The summed E-state index contributed by atoms with van der Waals surface area (Å²) < 4.78 is 3.04. The number of carbonyl (C=O) groups is 1. The van der Waals surface area contributed by atoms with Crippen molar-refractivity contribution in [2.24, 2.45) is 5.92 Å². The van der Waals surface area contributed by atoms with Crippen molar-refractivity contribution in [1.82, 2.24) is 19.4 Å². The van der Waals surface area contributed by atoms with Crippen LogP contribution in [-0.2, 0) is 17.8 Å². The maximum Gasteiger partial charge on any atom is 0.271 e. The number of nitrogens with one attached hydrogen (secondary N) is 1. The van der Waals surface area contributed by atoms with Gasteiger partial charge < -0.3 is 14.5 Å². The number of hydrogen-bond acceptors (Lipinski definition) is 6. The Hall–Kier alpha value is -1.97. The quantitative estimate of drug-likeness (QED) is 0.341. The molecule has 2 aromatic heterocycles. The lowest BCUT2D eigenvalue weighted by Crippen LogP contribution is -2.39. The minimum atomic E-state index is -0.194. The molecule has 1 saturated heterocycles. The van der Waals surface area contributed by atoms with Crippen LogP contribution in [0.3, 0.4) is 0 Å². The molecule has 0 atom stereocenters. The third-order valence-corrected chi connectivity index (χ3v) is 7.78. The molecule has 0 spiro atoms. The second-order valence-electron chi connectivity index (χ2n) is 7.44. The van der Waals surface area contributed by atoms with Gasteiger partial charge in [-0.15, -0.1) is 0 Å². The summed E-state index contributed by atoms with van der Waals surface area (Å²) in [6.45, 7) is 4.22. The first-order valence-corrected chi connectivity index (χ1v) is 12.3. The molecule has 6 nitrogen and oxygen atoms in total. The van der Waals surface area contributed by atoms with Crippen molar-refractivity contribution >= 4 is 51.6 Å². The molecule has 0 bridgehead atoms. The molecule has 1 aliphatic rings. The van der Waals surface area contributed by atoms with Gasteiger partial charge in [-0.25, -0.2) is 4.98 Å². The highest BCUT2D eigenvalue weighted by molar-refractivity contribution is 7.99. The number of fused-ring (bicyclic) bond motifs is 1. The predicted molar refractivity (Wildman–Crippen MR) is 125 cm³/mol. The van der Waals surface area contributed by atoms with E-state index in [4.69, 9.17) is 12.2 Å². The van der Waals surface area contributed by atoms with E-state index in [0.717, 1.165) is 32.4 Å². The van der Waals surface area contributed by atoms with Gasteiger partial charge in [0.25, 0.3) is 5.56 Å². The molecule has 1 aromatic carbocycles. The number of nitrogens with zero attached hydrogens (tertiary/aromatic N) is 3. The number of aromatic amines is 1. The van der Waals surface area contributed by atoms with Gasteiger partial charge in [-0.1, -0.05) is 53.4 Å². The van der Waals surface area contributed by atoms with Gasteiger partial charge in [0.1, 0.15) is 4.70 Å². The molecule has 3 heterocycles. The van der Waals surface area contributed by atoms with Crippen LogP contribution in [-0.4, -0.2) is 44.2 Å². The highest BCUT2D eigenvalue weighted by Crippen LogP contribution is 2.24. The molecule has 9 heteroatoms. The predicted octanol–water partition coefficient (Wildman–Crippen LogP) is 4.11. The Balaban J connectivity index is 1.34. The topological polar surface area (TPSA) is 71.0 Å². The summed E-state index contributed by atoms with van der Waals surface area (Å²) in [4.78, 5) is 34.3. The second-order valence-corrected chi connectivity index (χ2v) is 10.0. The third kappa shape index (κ3) is 4.68. The monoisotopic (exact) mass is 460 g/mol. The number of rotatable bonds is 6. The minimum absolute atomic E-state index is 0.0959. The number of aryl methyl sites for hydroxylation is 1. The summed E-state index contributed by atoms with van der Waals surface area (Å²) in [6, 6.07) is 10.5. The molecule has 1 aliphatic heterocycles. The van der Waals surface area contributed by atoms with Gasteiger partial charge >= 0.3 is 0 Å². The van der Waals surface area contributed by atoms with Crippen LogP contribution in [0.1, 0.15) is 25.3 Å². The summed E-state index contributed by atoms with van der Waals surface area (Å²) in [5.74, 6) is 0.994. The molecule has 1 amide bonds. The van der Waals surface area contributed by atoms with Crippen LogP contribution in [0.25, 0.3) is 10.3 Å². The number of likely N-dealkylation sites (tertiary alicyclic amines) is 1. The zero-order chi connectivity index (χ0) is 21.1. The molecule has 3 aromatic rings. The van der Waals surface area contributed by atoms with Crippen molar-refractivity contribution in [3.63, 3.8) is 0 Å². The minimum Gasteiger partial charge on any atom is -0.342 e. The zero-order valence-electron chi connectivity index (χ0n) is 16.8. The van der Waals surface area contributed by atoms with Crippen LogP contribution in [0.4, 0.5) is 0 Å². The molecular formula is C21H24N4O2S3. The van der Waals surface area contributed by atoms with Gasteiger partial charge in [-0.3, -0.25) is 9.59 Å². The molecule has 1 fully saturated rings. The highest BCUT2D eigenvalue weighted by Gasteiger charge is 2.23. The van der Waals surface area contributed by atoms with E-state index in [2.05, 4.69) is 34.2 Å². The summed E-state index contributed by atoms with van der Waals surface area (Å²) in [6.07, 6.45) is 3.13. The Kier molecular flexibility index (Phi) is 6.70. The average Bonchev–Trinajstić information content (AvgIpc) is 3.09. The standard InChI is InChI=1S/C21H24N4O2S3/c1-2-25-18-17(30-21(25)28)19(27)23-20(22-18)29-13-16(26)24-10-8-15(9-11-24)12-14-6-4-3-5-7-14/h3-7,15H,2,8-13H2,1H3,(H,22,23,27). The van der Waals surface area contributed by atoms with Gasteiger partial charge in [0.2, 0.25) is 5.91 Å². The van der Waals surface area contributed by atoms with Crippen LogP contribution in [0.2, 0.25) is 0 Å². The summed E-state index contributed by atoms with van der Waals surface area (Å²) in [7, 11) is 0. The number of piperidine rings is 1. The average molecular weight is 461 g/mol. The number of thiazole rings is 1. The summed E-state index contributed by atoms with van der Waals surface area (Å²) in [5, 5.41) is 0.467. The largest absolute Gasteiger partial charge is 0.342 e. The van der Waals surface area contributed by atoms with Crippen LogP contribution in [0.5, 0.6) is 0 Å². The smallest absolute Gasteiger partial charge is 0.271 e. The normalized spacial score (nSPS) is 15.0. The summed E-state index contributed by atoms with van der Waals surface area (Å²) in [5.41, 5.74) is 1.77. The Morgan fingerprint density at radius 2 is 2.03 bits per heavy atom. The van der Waals surface area contributed by atoms with Crippen molar-refractivity contribution in [2.75, 3.05) is 18.8 Å². The fraction of sp³-hybridized carbons (Fsp3) is 0.429. The number of thioether (sulfide) groups is 1. The van der Waals surface area contributed by atoms with Crippen LogP contribution in [0.15, 0.2) is 40.3 Å². The van der Waals surface area contributed by atoms with Gasteiger partial charge in [-0.05, 0) is 49.9 Å². The molecule has 0 radical (unpaired) electrons. The maximum absolute atomic E-state index is 12.7. The van der Waals surface area contributed by atoms with E-state index in [1.54, 1.807) is 0 Å². The molecule has 0 aliphatic carbocycles. The van der Waals surface area contributed by atoms with Crippen LogP contribution in [0, 0.1) is 9.87 Å². The zero-order valence-corrected chi connectivity index (χ0v) is 19.2. The second kappa shape index (κ2) is 9.45. The Morgan fingerprint density at radius 3 is 2.73 bits per heavy atom. The number of benzene rings is 1. The number of amides is 1. The van der Waals surface area contributed by atoms with Crippen molar-refractivity contribution in [3.05, 3.63) is 50.2 Å². The first kappa shape index (κ1) is 21.3. The third-order valence-electron chi connectivity index (χ3n) is 5.49. The van der Waals surface area contributed by atoms with E-state index >= 15 is 0 Å². The molecule has 158 valence electrons. The molecular weight excluding hydrogens is 436 g/mol. The maximum atomic E-state index is 12.7. The molecule has 30 heavy (non-hydrogen) atoms.